The summed E-state index contributed by atoms with van der Waals surface area (Å²) < 4.78 is 11.2. The Morgan fingerprint density at radius 1 is 0.889 bits per heavy atom. The van der Waals surface area contributed by atoms with E-state index in [-0.39, 0.29) is 31.4 Å². The van der Waals surface area contributed by atoms with Gasteiger partial charge in [-0.3, -0.25) is 19.8 Å². The lowest BCUT2D eigenvalue weighted by molar-refractivity contribution is -0.203. The normalized spacial score (nSPS) is 16.9. The lowest BCUT2D eigenvalue weighted by atomic mass is 9.82. The fourth-order valence-corrected chi connectivity index (χ4v) is 6.98. The first-order chi connectivity index (χ1) is 26.2. The first kappa shape index (κ1) is 40.2. The van der Waals surface area contributed by atoms with Gasteiger partial charge in [-0.1, -0.05) is 105 Å². The van der Waals surface area contributed by atoms with Crippen LogP contribution in [0.5, 0.6) is 0 Å². The molecule has 0 radical (unpaired) electrons. The third kappa shape index (κ3) is 10.8. The van der Waals surface area contributed by atoms with Crippen molar-refractivity contribution in [2.45, 2.75) is 71.1 Å². The molecule has 0 saturated carbocycles. The summed E-state index contributed by atoms with van der Waals surface area (Å²) >= 11 is 0. The van der Waals surface area contributed by atoms with Gasteiger partial charge in [-0.2, -0.15) is 0 Å². The standard InChI is InChI=1S/C42H52N4O8/c1-28(2)26-36(35(21-13-16-30-14-5-4-6-15-30)40(49)45-54-38-22-11-12-25-52-38)39(48)44-46(23-24-47)41(50)29(3)43-42(51)53-27-37-33-19-9-7-17-31(33)32-18-8-10-20-34(32)37/h4-10,13-20,28-29,35-38,47H,11-12,21-27H2,1-3H3,(H,43,51)(H,44,48)(H,45,49)/t29-,35+,36-,38?/m1/s1. The number of nitrogens with zero attached hydrogens (tertiary/aromatic N) is 1. The van der Waals surface area contributed by atoms with Gasteiger partial charge < -0.3 is 19.9 Å². The van der Waals surface area contributed by atoms with Crippen molar-refractivity contribution in [1.82, 2.24) is 21.2 Å². The lowest BCUT2D eigenvalue weighted by Gasteiger charge is -2.31. The Bertz CT molecular complexity index is 1700. The molecule has 1 saturated heterocycles. The average molecular weight is 741 g/mol. The van der Waals surface area contributed by atoms with Gasteiger partial charge in [-0.05, 0) is 66.3 Å². The second-order valence-corrected chi connectivity index (χ2v) is 14.2. The van der Waals surface area contributed by atoms with Gasteiger partial charge in [0.2, 0.25) is 11.8 Å². The maximum atomic E-state index is 14.1. The minimum absolute atomic E-state index is 0.00732. The van der Waals surface area contributed by atoms with Crippen molar-refractivity contribution in [1.29, 1.82) is 0 Å². The highest BCUT2D eigenvalue weighted by Crippen LogP contribution is 2.44. The third-order valence-corrected chi connectivity index (χ3v) is 9.70. The molecule has 3 aromatic rings. The molecule has 0 bridgehead atoms. The van der Waals surface area contributed by atoms with E-state index in [1.54, 1.807) is 0 Å². The van der Waals surface area contributed by atoms with Crippen LogP contribution in [0.4, 0.5) is 4.79 Å². The Balaban J connectivity index is 1.25. The van der Waals surface area contributed by atoms with E-state index in [0.717, 1.165) is 45.7 Å². The number of aliphatic hydroxyl groups is 1. The summed E-state index contributed by atoms with van der Waals surface area (Å²) in [5.74, 6) is -3.66. The SMILES string of the molecule is CC(C)C[C@@H](C(=O)NN(CCO)C(=O)[C@@H](C)NC(=O)OCC1c2ccccc2-c2ccccc21)[C@H](CC=Cc1ccccc1)C(=O)NOC1CCCCO1. The van der Waals surface area contributed by atoms with Crippen LogP contribution in [0.1, 0.15) is 75.5 Å². The van der Waals surface area contributed by atoms with Gasteiger partial charge in [0.05, 0.1) is 25.0 Å². The van der Waals surface area contributed by atoms with Crippen LogP contribution >= 0.6 is 0 Å². The number of hydrogen-bond donors (Lipinski definition) is 4. The van der Waals surface area contributed by atoms with Crippen LogP contribution in [0.2, 0.25) is 0 Å². The number of alkyl carbamates (subject to hydrolysis) is 1. The van der Waals surface area contributed by atoms with Gasteiger partial charge in [-0.15, -0.1) is 0 Å². The lowest BCUT2D eigenvalue weighted by Crippen LogP contribution is -2.56. The molecule has 4 atom stereocenters. The second kappa shape index (κ2) is 19.9. The number of ether oxygens (including phenoxy) is 2. The van der Waals surface area contributed by atoms with Gasteiger partial charge in [0, 0.05) is 18.9 Å². The fourth-order valence-electron chi connectivity index (χ4n) is 6.98. The number of rotatable bonds is 16. The van der Waals surface area contributed by atoms with Crippen molar-refractivity contribution in [3.05, 3.63) is 102 Å². The van der Waals surface area contributed by atoms with Crippen molar-refractivity contribution in [3.63, 3.8) is 0 Å². The smallest absolute Gasteiger partial charge is 0.407 e. The number of hydroxylamine groups is 1. The number of amides is 4. The summed E-state index contributed by atoms with van der Waals surface area (Å²) in [5, 5.41) is 13.4. The number of hydrazine groups is 1. The molecule has 1 aliphatic carbocycles. The molecule has 4 amide bonds. The van der Waals surface area contributed by atoms with Crippen LogP contribution in [0, 0.1) is 17.8 Å². The zero-order chi connectivity index (χ0) is 38.5. The Morgan fingerprint density at radius 2 is 1.56 bits per heavy atom. The van der Waals surface area contributed by atoms with Crippen molar-refractivity contribution >= 4 is 29.9 Å². The molecule has 12 nitrogen and oxygen atoms in total. The summed E-state index contributed by atoms with van der Waals surface area (Å²) in [6.45, 7) is 5.25. The van der Waals surface area contributed by atoms with Crippen molar-refractivity contribution < 1.29 is 38.6 Å². The third-order valence-electron chi connectivity index (χ3n) is 9.70. The van der Waals surface area contributed by atoms with Crippen LogP contribution in [0.3, 0.4) is 0 Å². The van der Waals surface area contributed by atoms with E-state index in [9.17, 15) is 24.3 Å². The molecular weight excluding hydrogens is 688 g/mol. The highest BCUT2D eigenvalue weighted by Gasteiger charge is 2.36. The molecule has 1 aliphatic heterocycles. The number of fused-ring (bicyclic) bond motifs is 3. The van der Waals surface area contributed by atoms with E-state index in [2.05, 4.69) is 16.2 Å². The van der Waals surface area contributed by atoms with E-state index in [0.29, 0.717) is 19.4 Å². The van der Waals surface area contributed by atoms with Gasteiger partial charge in [-0.25, -0.2) is 20.1 Å². The highest BCUT2D eigenvalue weighted by atomic mass is 16.8. The molecule has 1 unspecified atom stereocenters. The number of carbonyl (C=O) groups excluding carboxylic acids is 4. The Labute approximate surface area is 317 Å². The molecule has 1 fully saturated rings. The Kier molecular flexibility index (Phi) is 14.8. The van der Waals surface area contributed by atoms with E-state index in [1.807, 2.05) is 105 Å². The molecular formula is C42H52N4O8. The van der Waals surface area contributed by atoms with Crippen molar-refractivity contribution in [2.24, 2.45) is 17.8 Å². The number of allylic oxidation sites excluding steroid dienone is 1. The van der Waals surface area contributed by atoms with Crippen LogP contribution in [-0.2, 0) is 28.7 Å². The molecule has 3 aromatic carbocycles. The predicted molar refractivity (Wildman–Crippen MR) is 204 cm³/mol. The molecule has 1 heterocycles. The molecule has 54 heavy (non-hydrogen) atoms. The number of aliphatic hydroxyl groups excluding tert-OH is 1. The molecule has 2 aliphatic rings. The minimum atomic E-state index is -1.12. The Hall–Kier alpha value is -5.04. The van der Waals surface area contributed by atoms with Gasteiger partial charge in [0.15, 0.2) is 6.29 Å². The quantitative estimate of drug-likeness (QED) is 0.136. The average Bonchev–Trinajstić information content (AvgIpc) is 3.50. The largest absolute Gasteiger partial charge is 0.449 e. The van der Waals surface area contributed by atoms with Gasteiger partial charge in [0.25, 0.3) is 5.91 Å². The van der Waals surface area contributed by atoms with Crippen LogP contribution in [-0.4, -0.2) is 72.6 Å². The molecule has 0 aromatic heterocycles. The summed E-state index contributed by atoms with van der Waals surface area (Å²) in [6.07, 6.45) is 5.33. The predicted octanol–water partition coefficient (Wildman–Crippen LogP) is 5.72. The van der Waals surface area contributed by atoms with E-state index < -0.39 is 54.6 Å². The van der Waals surface area contributed by atoms with E-state index >= 15 is 0 Å². The fraction of sp³-hybridized carbons (Fsp3) is 0.429. The zero-order valence-corrected chi connectivity index (χ0v) is 31.2. The highest BCUT2D eigenvalue weighted by molar-refractivity contribution is 5.91. The molecule has 288 valence electrons. The van der Waals surface area contributed by atoms with Crippen LogP contribution in [0.15, 0.2) is 84.9 Å². The topological polar surface area (TPSA) is 156 Å². The van der Waals surface area contributed by atoms with Gasteiger partial charge in [0.1, 0.15) is 12.6 Å². The summed E-state index contributed by atoms with van der Waals surface area (Å²) in [7, 11) is 0. The number of carbonyl (C=O) groups is 4. The van der Waals surface area contributed by atoms with E-state index in [1.165, 1.54) is 6.92 Å². The minimum Gasteiger partial charge on any atom is -0.449 e. The van der Waals surface area contributed by atoms with Crippen molar-refractivity contribution in [3.8, 4) is 11.1 Å². The monoisotopic (exact) mass is 740 g/mol. The number of nitrogens with one attached hydrogen (secondary N) is 3. The first-order valence-corrected chi connectivity index (χ1v) is 18.8. The van der Waals surface area contributed by atoms with Gasteiger partial charge >= 0.3 is 6.09 Å². The maximum absolute atomic E-state index is 14.1. The number of benzene rings is 3. The van der Waals surface area contributed by atoms with Crippen molar-refractivity contribution in [2.75, 3.05) is 26.4 Å². The molecule has 5 rings (SSSR count). The second-order valence-electron chi connectivity index (χ2n) is 14.2. The Morgan fingerprint density at radius 3 is 2.19 bits per heavy atom. The molecule has 4 N–H and O–H groups in total. The number of hydrogen-bond acceptors (Lipinski definition) is 8. The van der Waals surface area contributed by atoms with Crippen LogP contribution in [0.25, 0.3) is 17.2 Å². The van der Waals surface area contributed by atoms with E-state index in [4.69, 9.17) is 14.3 Å². The maximum Gasteiger partial charge on any atom is 0.407 e. The summed E-state index contributed by atoms with van der Waals surface area (Å²) in [4.78, 5) is 60.1. The zero-order valence-electron chi connectivity index (χ0n) is 31.2. The summed E-state index contributed by atoms with van der Waals surface area (Å²) in [5.41, 5.74) is 10.4. The first-order valence-electron chi connectivity index (χ1n) is 18.8. The van der Waals surface area contributed by atoms with Crippen LogP contribution < -0.4 is 16.2 Å². The molecule has 0 spiro atoms. The summed E-state index contributed by atoms with van der Waals surface area (Å²) in [6, 6.07) is 24.4. The molecule has 12 heteroatoms.